The van der Waals surface area contributed by atoms with Gasteiger partial charge in [0.2, 0.25) is 0 Å². The number of aryl methyl sites for hydroxylation is 1. The molecule has 1 aromatic heterocycles. The first kappa shape index (κ1) is 12.0. The molecular weight excluding hydrogens is 264 g/mol. The molecule has 0 spiro atoms. The second-order valence-corrected chi connectivity index (χ2v) is 6.03. The number of hydrogen-bond donors (Lipinski definition) is 0. The second kappa shape index (κ2) is 5.26. The predicted octanol–water partition coefficient (Wildman–Crippen LogP) is 3.63. The second-order valence-electron chi connectivity index (χ2n) is 4.58. The Labute approximate surface area is 106 Å². The van der Waals surface area contributed by atoms with E-state index in [4.69, 9.17) is 0 Å². The molecule has 2 nitrogen and oxygen atoms in total. The van der Waals surface area contributed by atoms with Gasteiger partial charge in [0, 0.05) is 16.4 Å². The molecule has 0 fully saturated rings. The number of alkyl halides is 1. The predicted molar refractivity (Wildman–Crippen MR) is 70.1 cm³/mol. The van der Waals surface area contributed by atoms with Crippen molar-refractivity contribution in [3.63, 3.8) is 0 Å². The molecule has 0 aliphatic heterocycles. The van der Waals surface area contributed by atoms with Gasteiger partial charge in [-0.15, -0.1) is 0 Å². The zero-order valence-corrected chi connectivity index (χ0v) is 11.6. The van der Waals surface area contributed by atoms with Gasteiger partial charge in [-0.1, -0.05) is 29.8 Å². The first-order valence-corrected chi connectivity index (χ1v) is 7.12. The molecule has 1 aromatic rings. The van der Waals surface area contributed by atoms with Gasteiger partial charge in [0.25, 0.3) is 0 Å². The maximum atomic E-state index is 4.54. The summed E-state index contributed by atoms with van der Waals surface area (Å²) in [7, 11) is 0. The van der Waals surface area contributed by atoms with Gasteiger partial charge in [0.15, 0.2) is 0 Å². The van der Waals surface area contributed by atoms with Crippen molar-refractivity contribution in [2.45, 2.75) is 56.7 Å². The quantitative estimate of drug-likeness (QED) is 0.792. The third-order valence-electron chi connectivity index (χ3n) is 3.50. The molecule has 0 radical (unpaired) electrons. The van der Waals surface area contributed by atoms with Crippen LogP contribution in [0.5, 0.6) is 0 Å². The van der Waals surface area contributed by atoms with Crippen LogP contribution >= 0.6 is 15.9 Å². The molecule has 0 bridgehead atoms. The number of halogens is 1. The van der Waals surface area contributed by atoms with Gasteiger partial charge < -0.3 is 0 Å². The van der Waals surface area contributed by atoms with Gasteiger partial charge in [0.1, 0.15) is 6.33 Å². The molecule has 88 valence electrons. The highest BCUT2D eigenvalue weighted by atomic mass is 79.9. The van der Waals surface area contributed by atoms with Crippen molar-refractivity contribution in [3.8, 4) is 0 Å². The maximum Gasteiger partial charge on any atom is 0.115 e. The molecule has 3 heteroatoms. The molecule has 0 amide bonds. The Bertz CT molecular complexity index is 363. The number of nitrogens with zero attached hydrogens (tertiary/aromatic N) is 2. The van der Waals surface area contributed by atoms with Crippen LogP contribution in [0.25, 0.3) is 0 Å². The Balaban J connectivity index is 2.39. The lowest BCUT2D eigenvalue weighted by Crippen LogP contribution is -2.17. The zero-order valence-electron chi connectivity index (χ0n) is 10.0. The highest BCUT2D eigenvalue weighted by Crippen LogP contribution is 2.32. The summed E-state index contributed by atoms with van der Waals surface area (Å²) in [6.07, 6.45) is 7.76. The number of hydrogen-bond acceptors (Lipinski definition) is 2. The summed E-state index contributed by atoms with van der Waals surface area (Å²) < 4.78 is 0. The number of fused-ring (bicyclic) bond motifs is 1. The molecule has 2 atom stereocenters. The summed E-state index contributed by atoms with van der Waals surface area (Å²) in [6.45, 7) is 4.45. The molecule has 2 rings (SSSR count). The van der Waals surface area contributed by atoms with E-state index >= 15 is 0 Å². The topological polar surface area (TPSA) is 25.8 Å². The van der Waals surface area contributed by atoms with E-state index < -0.39 is 0 Å². The van der Waals surface area contributed by atoms with E-state index in [1.807, 2.05) is 0 Å². The van der Waals surface area contributed by atoms with E-state index in [-0.39, 0.29) is 0 Å². The fourth-order valence-corrected chi connectivity index (χ4v) is 3.23. The molecule has 0 saturated carbocycles. The zero-order chi connectivity index (χ0) is 11.5. The first-order chi connectivity index (χ1) is 7.74. The Morgan fingerprint density at radius 2 is 2.06 bits per heavy atom. The molecule has 1 heterocycles. The molecule has 0 N–H and O–H groups in total. The van der Waals surface area contributed by atoms with Crippen LogP contribution in [0.1, 0.15) is 56.0 Å². The van der Waals surface area contributed by atoms with Crippen LogP contribution in [0.2, 0.25) is 0 Å². The maximum absolute atomic E-state index is 4.54. The van der Waals surface area contributed by atoms with E-state index in [0.717, 1.165) is 12.8 Å². The van der Waals surface area contributed by atoms with Crippen molar-refractivity contribution < 1.29 is 0 Å². The largest absolute Gasteiger partial charge is 0.241 e. The summed E-state index contributed by atoms with van der Waals surface area (Å²) >= 11 is 3.71. The lowest BCUT2D eigenvalue weighted by Gasteiger charge is -2.23. The third-order valence-corrected chi connectivity index (χ3v) is 4.14. The van der Waals surface area contributed by atoms with Crippen LogP contribution in [0.3, 0.4) is 0 Å². The SMILES string of the molecule is CCC(c1ncnc2c1CCCC2)C(C)Br. The van der Waals surface area contributed by atoms with Crippen molar-refractivity contribution in [3.05, 3.63) is 23.3 Å². The van der Waals surface area contributed by atoms with Crippen molar-refractivity contribution in [2.24, 2.45) is 0 Å². The minimum atomic E-state index is 0.485. The fourth-order valence-electron chi connectivity index (χ4n) is 2.60. The van der Waals surface area contributed by atoms with Crippen LogP contribution < -0.4 is 0 Å². The Hall–Kier alpha value is -0.440. The fraction of sp³-hybridized carbons (Fsp3) is 0.692. The van der Waals surface area contributed by atoms with E-state index in [1.165, 1.54) is 36.2 Å². The van der Waals surface area contributed by atoms with Gasteiger partial charge in [-0.05, 0) is 37.7 Å². The van der Waals surface area contributed by atoms with Gasteiger partial charge >= 0.3 is 0 Å². The normalized spacial score (nSPS) is 18.9. The summed E-state index contributed by atoms with van der Waals surface area (Å²) in [5.41, 5.74) is 4.02. The Morgan fingerprint density at radius 1 is 1.31 bits per heavy atom. The van der Waals surface area contributed by atoms with E-state index in [2.05, 4.69) is 39.7 Å². The Kier molecular flexibility index (Phi) is 3.95. The van der Waals surface area contributed by atoms with E-state index in [0.29, 0.717) is 10.7 Å². The number of rotatable bonds is 3. The van der Waals surface area contributed by atoms with Crippen molar-refractivity contribution >= 4 is 15.9 Å². The standard InChI is InChI=1S/C13H19BrN2/c1-3-10(9(2)14)13-11-6-4-5-7-12(11)15-8-16-13/h8-10H,3-7H2,1-2H3. The average molecular weight is 283 g/mol. The first-order valence-electron chi connectivity index (χ1n) is 6.20. The van der Waals surface area contributed by atoms with Crippen LogP contribution in [0.4, 0.5) is 0 Å². The van der Waals surface area contributed by atoms with Crippen molar-refractivity contribution in [1.29, 1.82) is 0 Å². The Morgan fingerprint density at radius 3 is 2.75 bits per heavy atom. The van der Waals surface area contributed by atoms with Crippen molar-refractivity contribution in [1.82, 2.24) is 9.97 Å². The number of aromatic nitrogens is 2. The van der Waals surface area contributed by atoms with Gasteiger partial charge in [-0.2, -0.15) is 0 Å². The van der Waals surface area contributed by atoms with Crippen molar-refractivity contribution in [2.75, 3.05) is 0 Å². The summed E-state index contributed by atoms with van der Waals surface area (Å²) in [5.74, 6) is 0.523. The highest BCUT2D eigenvalue weighted by molar-refractivity contribution is 9.09. The van der Waals surface area contributed by atoms with Crippen LogP contribution in [0, 0.1) is 0 Å². The summed E-state index contributed by atoms with van der Waals surface area (Å²) in [5, 5.41) is 0. The van der Waals surface area contributed by atoms with E-state index in [1.54, 1.807) is 6.33 Å². The molecule has 16 heavy (non-hydrogen) atoms. The molecule has 1 aliphatic rings. The minimum absolute atomic E-state index is 0.485. The molecule has 0 saturated heterocycles. The third kappa shape index (κ3) is 2.29. The lowest BCUT2D eigenvalue weighted by molar-refractivity contribution is 0.596. The van der Waals surface area contributed by atoms with Gasteiger partial charge in [-0.3, -0.25) is 0 Å². The summed E-state index contributed by atoms with van der Waals surface area (Å²) in [4.78, 5) is 9.46. The molecule has 1 aliphatic carbocycles. The van der Waals surface area contributed by atoms with E-state index in [9.17, 15) is 0 Å². The van der Waals surface area contributed by atoms with Gasteiger partial charge in [0.05, 0.1) is 5.69 Å². The smallest absolute Gasteiger partial charge is 0.115 e. The molecule has 0 aromatic carbocycles. The monoisotopic (exact) mass is 282 g/mol. The average Bonchev–Trinajstić information content (AvgIpc) is 2.30. The molecule has 2 unspecified atom stereocenters. The van der Waals surface area contributed by atoms with Crippen LogP contribution in [-0.2, 0) is 12.8 Å². The minimum Gasteiger partial charge on any atom is -0.241 e. The lowest BCUT2D eigenvalue weighted by atomic mass is 9.88. The summed E-state index contributed by atoms with van der Waals surface area (Å²) in [6, 6.07) is 0. The van der Waals surface area contributed by atoms with Crippen LogP contribution in [0.15, 0.2) is 6.33 Å². The molecular formula is C13H19BrN2. The van der Waals surface area contributed by atoms with Gasteiger partial charge in [-0.25, -0.2) is 9.97 Å². The van der Waals surface area contributed by atoms with Crippen LogP contribution in [-0.4, -0.2) is 14.8 Å². The highest BCUT2D eigenvalue weighted by Gasteiger charge is 2.23.